The summed E-state index contributed by atoms with van der Waals surface area (Å²) in [5.41, 5.74) is 1.69. The molecule has 76 valence electrons. The quantitative estimate of drug-likeness (QED) is 0.664. The van der Waals surface area contributed by atoms with Crippen LogP contribution < -0.4 is 0 Å². The lowest BCUT2D eigenvalue weighted by Crippen LogP contribution is -2.15. The molecule has 13 heavy (non-hydrogen) atoms. The van der Waals surface area contributed by atoms with Crippen molar-refractivity contribution in [3.63, 3.8) is 0 Å². The fourth-order valence-electron chi connectivity index (χ4n) is 1.70. The number of allylic oxidation sites excluding steroid dienone is 2. The van der Waals surface area contributed by atoms with Gasteiger partial charge in [0, 0.05) is 6.61 Å². The number of rotatable bonds is 3. The van der Waals surface area contributed by atoms with Crippen LogP contribution in [-0.2, 0) is 0 Å². The molecule has 0 spiro atoms. The molecule has 0 heterocycles. The maximum Gasteiger partial charge on any atom is 0.0485 e. The van der Waals surface area contributed by atoms with Gasteiger partial charge in [0.15, 0.2) is 0 Å². The third-order valence-corrected chi connectivity index (χ3v) is 2.87. The summed E-state index contributed by atoms with van der Waals surface area (Å²) in [6.45, 7) is 4.52. The highest BCUT2D eigenvalue weighted by atomic mass is 16.3. The third-order valence-electron chi connectivity index (χ3n) is 2.87. The van der Waals surface area contributed by atoms with Crippen molar-refractivity contribution in [2.75, 3.05) is 6.61 Å². The van der Waals surface area contributed by atoms with Gasteiger partial charge in [-0.15, -0.1) is 0 Å². The Balaban J connectivity index is 2.37. The lowest BCUT2D eigenvalue weighted by atomic mass is 9.87. The van der Waals surface area contributed by atoms with Crippen LogP contribution in [0.2, 0.25) is 0 Å². The molecule has 0 aromatic carbocycles. The first-order chi connectivity index (χ1) is 6.14. The molecule has 1 rings (SSSR count). The second kappa shape index (κ2) is 4.80. The van der Waals surface area contributed by atoms with Crippen LogP contribution in [0.15, 0.2) is 11.6 Å². The standard InChI is InChI=1S/C12H22O/c1-12(2,10-13)9-8-11-6-4-3-5-7-11/h8,13H,3-7,9-10H2,1-2H3. The molecular weight excluding hydrogens is 160 g/mol. The molecule has 0 bridgehead atoms. The van der Waals surface area contributed by atoms with Crippen molar-refractivity contribution in [3.8, 4) is 0 Å². The Bertz CT molecular complexity index is 172. The molecule has 0 aromatic rings. The van der Waals surface area contributed by atoms with Crippen LogP contribution >= 0.6 is 0 Å². The van der Waals surface area contributed by atoms with E-state index in [1.54, 1.807) is 5.57 Å². The van der Waals surface area contributed by atoms with Gasteiger partial charge < -0.3 is 5.11 Å². The predicted molar refractivity (Wildman–Crippen MR) is 56.7 cm³/mol. The van der Waals surface area contributed by atoms with Crippen LogP contribution in [0.3, 0.4) is 0 Å². The van der Waals surface area contributed by atoms with Gasteiger partial charge in [0.2, 0.25) is 0 Å². The van der Waals surface area contributed by atoms with Gasteiger partial charge in [-0.1, -0.05) is 31.9 Å². The van der Waals surface area contributed by atoms with Crippen molar-refractivity contribution in [1.82, 2.24) is 0 Å². The summed E-state index contributed by atoms with van der Waals surface area (Å²) in [7, 11) is 0. The molecule has 0 aliphatic heterocycles. The molecule has 1 fully saturated rings. The molecule has 0 saturated heterocycles. The Morgan fingerprint density at radius 1 is 1.23 bits per heavy atom. The number of aliphatic hydroxyl groups excluding tert-OH is 1. The Morgan fingerprint density at radius 3 is 2.38 bits per heavy atom. The molecule has 1 nitrogen and oxygen atoms in total. The molecule has 0 aromatic heterocycles. The molecule has 0 unspecified atom stereocenters. The highest BCUT2D eigenvalue weighted by molar-refractivity contribution is 5.05. The third kappa shape index (κ3) is 3.95. The van der Waals surface area contributed by atoms with Crippen LogP contribution in [0.5, 0.6) is 0 Å². The molecule has 0 atom stereocenters. The first kappa shape index (κ1) is 10.8. The van der Waals surface area contributed by atoms with Gasteiger partial charge in [-0.05, 0) is 37.5 Å². The first-order valence-corrected chi connectivity index (χ1v) is 5.43. The van der Waals surface area contributed by atoms with Crippen molar-refractivity contribution >= 4 is 0 Å². The Hall–Kier alpha value is -0.300. The molecule has 0 radical (unpaired) electrons. The van der Waals surface area contributed by atoms with Crippen molar-refractivity contribution in [1.29, 1.82) is 0 Å². The monoisotopic (exact) mass is 182 g/mol. The molecule has 1 saturated carbocycles. The van der Waals surface area contributed by atoms with E-state index in [9.17, 15) is 0 Å². The van der Waals surface area contributed by atoms with E-state index in [1.807, 2.05) is 0 Å². The molecule has 1 aliphatic rings. The lowest BCUT2D eigenvalue weighted by molar-refractivity contribution is 0.162. The SMILES string of the molecule is CC(C)(CO)CC=C1CCCCC1. The highest BCUT2D eigenvalue weighted by Gasteiger charge is 2.15. The Morgan fingerprint density at radius 2 is 1.85 bits per heavy atom. The van der Waals surface area contributed by atoms with E-state index < -0.39 is 0 Å². The van der Waals surface area contributed by atoms with E-state index in [4.69, 9.17) is 5.11 Å². The number of hydrogen-bond donors (Lipinski definition) is 1. The van der Waals surface area contributed by atoms with Gasteiger partial charge in [0.25, 0.3) is 0 Å². The van der Waals surface area contributed by atoms with E-state index in [0.29, 0.717) is 0 Å². The second-order valence-electron chi connectivity index (χ2n) is 4.95. The molecular formula is C12H22O. The van der Waals surface area contributed by atoms with E-state index in [0.717, 1.165) is 6.42 Å². The van der Waals surface area contributed by atoms with Crippen molar-refractivity contribution in [2.45, 2.75) is 52.4 Å². The minimum absolute atomic E-state index is 0.0739. The highest BCUT2D eigenvalue weighted by Crippen LogP contribution is 2.26. The van der Waals surface area contributed by atoms with Crippen LogP contribution in [0.4, 0.5) is 0 Å². The summed E-state index contributed by atoms with van der Waals surface area (Å²) >= 11 is 0. The van der Waals surface area contributed by atoms with Gasteiger partial charge in [-0.2, -0.15) is 0 Å². The zero-order chi connectivity index (χ0) is 9.73. The van der Waals surface area contributed by atoms with Crippen LogP contribution in [0.1, 0.15) is 52.4 Å². The fraction of sp³-hybridized carbons (Fsp3) is 0.833. The van der Waals surface area contributed by atoms with Gasteiger partial charge in [-0.25, -0.2) is 0 Å². The van der Waals surface area contributed by atoms with Gasteiger partial charge in [-0.3, -0.25) is 0 Å². The second-order valence-corrected chi connectivity index (χ2v) is 4.95. The minimum Gasteiger partial charge on any atom is -0.396 e. The average molecular weight is 182 g/mol. The van der Waals surface area contributed by atoms with E-state index >= 15 is 0 Å². The molecule has 1 aliphatic carbocycles. The van der Waals surface area contributed by atoms with E-state index in [1.165, 1.54) is 32.1 Å². The summed E-state index contributed by atoms with van der Waals surface area (Å²) in [6, 6.07) is 0. The topological polar surface area (TPSA) is 20.2 Å². The van der Waals surface area contributed by atoms with Crippen molar-refractivity contribution in [3.05, 3.63) is 11.6 Å². The summed E-state index contributed by atoms with van der Waals surface area (Å²) in [6.07, 6.45) is 10.1. The summed E-state index contributed by atoms with van der Waals surface area (Å²) in [4.78, 5) is 0. The lowest BCUT2D eigenvalue weighted by Gasteiger charge is -2.21. The van der Waals surface area contributed by atoms with Crippen LogP contribution in [0, 0.1) is 5.41 Å². The van der Waals surface area contributed by atoms with Crippen molar-refractivity contribution in [2.24, 2.45) is 5.41 Å². The number of hydrogen-bond acceptors (Lipinski definition) is 1. The minimum atomic E-state index is 0.0739. The molecule has 1 N–H and O–H groups in total. The maximum absolute atomic E-state index is 9.09. The summed E-state index contributed by atoms with van der Waals surface area (Å²) < 4.78 is 0. The Kier molecular flexibility index (Phi) is 3.98. The average Bonchev–Trinajstić information content (AvgIpc) is 2.17. The van der Waals surface area contributed by atoms with Gasteiger partial charge >= 0.3 is 0 Å². The molecule has 1 heteroatoms. The van der Waals surface area contributed by atoms with Crippen LogP contribution in [0.25, 0.3) is 0 Å². The van der Waals surface area contributed by atoms with E-state index in [-0.39, 0.29) is 12.0 Å². The fourth-order valence-corrected chi connectivity index (χ4v) is 1.70. The largest absolute Gasteiger partial charge is 0.396 e. The smallest absolute Gasteiger partial charge is 0.0485 e. The normalized spacial score (nSPS) is 18.8. The summed E-state index contributed by atoms with van der Waals surface area (Å²) in [5.74, 6) is 0. The van der Waals surface area contributed by atoms with E-state index in [2.05, 4.69) is 19.9 Å². The van der Waals surface area contributed by atoms with Gasteiger partial charge in [0.1, 0.15) is 0 Å². The summed E-state index contributed by atoms with van der Waals surface area (Å²) in [5, 5.41) is 9.09. The van der Waals surface area contributed by atoms with Crippen molar-refractivity contribution < 1.29 is 5.11 Å². The molecule has 0 amide bonds. The number of aliphatic hydroxyl groups is 1. The van der Waals surface area contributed by atoms with Gasteiger partial charge in [0.05, 0.1) is 0 Å². The zero-order valence-corrected chi connectivity index (χ0v) is 8.97. The maximum atomic E-state index is 9.09. The Labute approximate surface area is 81.9 Å². The van der Waals surface area contributed by atoms with Crippen LogP contribution in [-0.4, -0.2) is 11.7 Å². The predicted octanol–water partition coefficient (Wildman–Crippen LogP) is 3.29. The first-order valence-electron chi connectivity index (χ1n) is 5.43. The zero-order valence-electron chi connectivity index (χ0n) is 8.97.